The Morgan fingerprint density at radius 1 is 1.15 bits per heavy atom. The smallest absolute Gasteiger partial charge is 0.176 e. The highest BCUT2D eigenvalue weighted by Gasteiger charge is 2.21. The molecule has 0 amide bonds. The number of ether oxygens (including phenoxy) is 1. The summed E-state index contributed by atoms with van der Waals surface area (Å²) in [7, 11) is -1.92. The molecule has 0 radical (unpaired) electrons. The molecule has 0 bridgehead atoms. The van der Waals surface area contributed by atoms with Crippen LogP contribution < -0.4 is 4.74 Å². The fourth-order valence-electron chi connectivity index (χ4n) is 2.95. The Labute approximate surface area is 157 Å². The van der Waals surface area contributed by atoms with Crippen LogP contribution >= 0.6 is 11.6 Å². The first-order valence-electron chi connectivity index (χ1n) is 7.95. The summed E-state index contributed by atoms with van der Waals surface area (Å²) < 4.78 is 35.2. The summed E-state index contributed by atoms with van der Waals surface area (Å²) in [6, 6.07) is 8.91. The van der Waals surface area contributed by atoms with E-state index in [2.05, 4.69) is 5.16 Å². The summed E-state index contributed by atoms with van der Waals surface area (Å²) in [4.78, 5) is 0.307. The van der Waals surface area contributed by atoms with Crippen LogP contribution in [0.15, 0.2) is 52.2 Å². The number of sulfone groups is 1. The van der Waals surface area contributed by atoms with Gasteiger partial charge >= 0.3 is 0 Å². The van der Waals surface area contributed by atoms with E-state index in [0.717, 1.165) is 16.7 Å². The second-order valence-electron chi connectivity index (χ2n) is 5.90. The molecule has 1 heterocycles. The van der Waals surface area contributed by atoms with Crippen molar-refractivity contribution < 1.29 is 17.7 Å². The largest absolute Gasteiger partial charge is 0.495 e. The fourth-order valence-corrected chi connectivity index (χ4v) is 4.47. The van der Waals surface area contributed by atoms with Crippen LogP contribution in [-0.2, 0) is 16.3 Å². The number of methoxy groups -OCH3 is 1. The minimum Gasteiger partial charge on any atom is -0.495 e. The average molecular weight is 392 g/mol. The van der Waals surface area contributed by atoms with Crippen LogP contribution in [0.25, 0.3) is 22.3 Å². The number of hydrogen-bond acceptors (Lipinski definition) is 5. The molecule has 26 heavy (non-hydrogen) atoms. The van der Waals surface area contributed by atoms with Gasteiger partial charge in [-0.15, -0.1) is 0 Å². The summed E-state index contributed by atoms with van der Waals surface area (Å²) in [5, 5.41) is 4.15. The van der Waals surface area contributed by atoms with E-state index in [-0.39, 0.29) is 0 Å². The minimum absolute atomic E-state index is 0.307. The first-order chi connectivity index (χ1) is 12.3. The van der Waals surface area contributed by atoms with Gasteiger partial charge in [0.1, 0.15) is 12.0 Å². The number of rotatable bonds is 5. The summed E-state index contributed by atoms with van der Waals surface area (Å²) >= 11 is 6.26. The zero-order chi connectivity index (χ0) is 18.9. The van der Waals surface area contributed by atoms with Crippen molar-refractivity contribution in [2.24, 2.45) is 0 Å². The van der Waals surface area contributed by atoms with Crippen LogP contribution in [0.4, 0.5) is 0 Å². The van der Waals surface area contributed by atoms with E-state index in [4.69, 9.17) is 20.9 Å². The van der Waals surface area contributed by atoms with Gasteiger partial charge in [-0.2, -0.15) is 0 Å². The van der Waals surface area contributed by atoms with Gasteiger partial charge in [0.05, 0.1) is 23.2 Å². The lowest BCUT2D eigenvalue weighted by molar-refractivity contribution is 0.415. The molecule has 2 aromatic carbocycles. The van der Waals surface area contributed by atoms with E-state index in [1.165, 1.54) is 19.6 Å². The Bertz CT molecular complexity index is 1040. The summed E-state index contributed by atoms with van der Waals surface area (Å²) in [6.07, 6.45) is 4.91. The first-order valence-corrected chi connectivity index (χ1v) is 10.2. The van der Waals surface area contributed by atoms with Crippen molar-refractivity contribution in [3.8, 4) is 28.0 Å². The van der Waals surface area contributed by atoms with Crippen molar-refractivity contribution in [3.05, 3.63) is 53.4 Å². The minimum atomic E-state index is -3.45. The predicted molar refractivity (Wildman–Crippen MR) is 101 cm³/mol. The van der Waals surface area contributed by atoms with Crippen molar-refractivity contribution >= 4 is 21.4 Å². The molecule has 1 aromatic heterocycles. The van der Waals surface area contributed by atoms with Crippen LogP contribution in [0.5, 0.6) is 5.75 Å². The van der Waals surface area contributed by atoms with E-state index < -0.39 is 9.84 Å². The molecule has 0 saturated carbocycles. The maximum absolute atomic E-state index is 12.5. The third kappa shape index (κ3) is 3.48. The lowest BCUT2D eigenvalue weighted by atomic mass is 9.96. The van der Waals surface area contributed by atoms with Gasteiger partial charge < -0.3 is 9.26 Å². The average Bonchev–Trinajstić information content (AvgIpc) is 3.14. The summed E-state index contributed by atoms with van der Waals surface area (Å²) in [5.41, 5.74) is 3.63. The summed E-state index contributed by atoms with van der Waals surface area (Å²) in [6.45, 7) is 1.92. The standard InChI is InChI=1S/C19H18ClNO4S/c1-4-12-7-14(15-10-21-25-11-15)8-16(19(12)26(3,22)23)13-5-6-18(24-2)17(20)9-13/h5-11H,4H2,1-3H3. The normalized spacial score (nSPS) is 11.5. The molecule has 0 saturated heterocycles. The zero-order valence-corrected chi connectivity index (χ0v) is 16.2. The lowest BCUT2D eigenvalue weighted by Crippen LogP contribution is -2.05. The molecule has 0 spiro atoms. The number of aryl methyl sites for hydroxylation is 1. The number of nitrogens with zero attached hydrogens (tertiary/aromatic N) is 1. The molecular weight excluding hydrogens is 374 g/mol. The molecular formula is C19H18ClNO4S. The van der Waals surface area contributed by atoms with Gasteiger partial charge in [-0.05, 0) is 47.4 Å². The molecule has 0 unspecified atom stereocenters. The quantitative estimate of drug-likeness (QED) is 0.633. The Morgan fingerprint density at radius 2 is 1.92 bits per heavy atom. The van der Waals surface area contributed by atoms with Gasteiger partial charge in [0.15, 0.2) is 9.84 Å². The van der Waals surface area contributed by atoms with Gasteiger partial charge in [-0.3, -0.25) is 0 Å². The van der Waals surface area contributed by atoms with Crippen LogP contribution in [0.2, 0.25) is 5.02 Å². The van der Waals surface area contributed by atoms with Crippen LogP contribution in [0.3, 0.4) is 0 Å². The van der Waals surface area contributed by atoms with E-state index in [1.807, 2.05) is 19.1 Å². The van der Waals surface area contributed by atoms with Gasteiger partial charge in [-0.25, -0.2) is 8.42 Å². The molecule has 0 aliphatic carbocycles. The van der Waals surface area contributed by atoms with Crippen molar-refractivity contribution in [2.45, 2.75) is 18.2 Å². The number of benzene rings is 2. The molecule has 136 valence electrons. The molecule has 0 N–H and O–H groups in total. The fraction of sp³-hybridized carbons (Fsp3) is 0.211. The zero-order valence-electron chi connectivity index (χ0n) is 14.6. The highest BCUT2D eigenvalue weighted by Crippen LogP contribution is 2.38. The van der Waals surface area contributed by atoms with Crippen LogP contribution in [0.1, 0.15) is 12.5 Å². The highest BCUT2D eigenvalue weighted by atomic mass is 35.5. The molecule has 5 nitrogen and oxygen atoms in total. The Balaban J connectivity index is 2.34. The van der Waals surface area contributed by atoms with Crippen LogP contribution in [-0.4, -0.2) is 26.9 Å². The van der Waals surface area contributed by atoms with Crippen molar-refractivity contribution in [1.29, 1.82) is 0 Å². The first kappa shape index (κ1) is 18.5. The van der Waals surface area contributed by atoms with Gasteiger partial charge in [0, 0.05) is 17.4 Å². The van der Waals surface area contributed by atoms with E-state index in [1.54, 1.807) is 24.4 Å². The van der Waals surface area contributed by atoms with E-state index >= 15 is 0 Å². The third-order valence-corrected chi connectivity index (χ3v) is 5.67. The van der Waals surface area contributed by atoms with Crippen molar-refractivity contribution in [1.82, 2.24) is 5.16 Å². The van der Waals surface area contributed by atoms with Crippen molar-refractivity contribution in [2.75, 3.05) is 13.4 Å². The molecule has 3 aromatic rings. The van der Waals surface area contributed by atoms with Gasteiger partial charge in [-0.1, -0.05) is 29.7 Å². The van der Waals surface area contributed by atoms with Crippen LogP contribution in [0, 0.1) is 0 Å². The molecule has 0 fully saturated rings. The molecule has 3 rings (SSSR count). The monoisotopic (exact) mass is 391 g/mol. The third-order valence-electron chi connectivity index (χ3n) is 4.15. The highest BCUT2D eigenvalue weighted by molar-refractivity contribution is 7.90. The number of aromatic nitrogens is 1. The molecule has 7 heteroatoms. The van der Waals surface area contributed by atoms with E-state index in [9.17, 15) is 8.42 Å². The Kier molecular flexibility index (Phi) is 5.07. The van der Waals surface area contributed by atoms with Crippen molar-refractivity contribution in [3.63, 3.8) is 0 Å². The number of hydrogen-bond donors (Lipinski definition) is 0. The molecule has 0 atom stereocenters. The molecule has 0 aliphatic rings. The van der Waals surface area contributed by atoms with Gasteiger partial charge in [0.25, 0.3) is 0 Å². The topological polar surface area (TPSA) is 69.4 Å². The predicted octanol–water partition coefficient (Wildman–Crippen LogP) is 4.64. The van der Waals surface area contributed by atoms with Gasteiger partial charge in [0.2, 0.25) is 0 Å². The Hall–Kier alpha value is -2.31. The maximum atomic E-state index is 12.5. The SMILES string of the molecule is CCc1cc(-c2cnoc2)cc(-c2ccc(OC)c(Cl)c2)c1S(C)(=O)=O. The maximum Gasteiger partial charge on any atom is 0.176 e. The summed E-state index contributed by atoms with van der Waals surface area (Å²) in [5.74, 6) is 0.530. The molecule has 0 aliphatic heterocycles. The second kappa shape index (κ2) is 7.13. The lowest BCUT2D eigenvalue weighted by Gasteiger charge is -2.16. The Morgan fingerprint density at radius 3 is 2.46 bits per heavy atom. The van der Waals surface area contributed by atoms with E-state index in [0.29, 0.717) is 33.2 Å². The number of halogens is 1. The second-order valence-corrected chi connectivity index (χ2v) is 8.26.